The number of pyridine rings is 1. The summed E-state index contributed by atoms with van der Waals surface area (Å²) in [6.45, 7) is 5.73. The molecule has 4 aromatic rings. The highest BCUT2D eigenvalue weighted by Crippen LogP contribution is 2.23. The highest BCUT2D eigenvalue weighted by Gasteiger charge is 2.13. The monoisotopic (exact) mass is 430 g/mol. The van der Waals surface area contributed by atoms with Crippen LogP contribution in [0.2, 0.25) is 0 Å². The first-order valence-corrected chi connectivity index (χ1v) is 10.8. The summed E-state index contributed by atoms with van der Waals surface area (Å²) < 4.78 is 1.55. The van der Waals surface area contributed by atoms with Gasteiger partial charge in [0.05, 0.1) is 11.8 Å². The standard InChI is InChI=1S/C23H22N6OS/c1-15-8-7-11-29-20(15)27-21(31-14-18-9-5-4-6-10-18)19(22(29)30)13-24-28-23-25-16(2)12-17(3)26-23/h4-13H,14H2,1-3H3,(H,25,26,28). The molecule has 0 aliphatic rings. The average Bonchev–Trinajstić information content (AvgIpc) is 2.75. The number of hydrogen-bond acceptors (Lipinski definition) is 7. The Morgan fingerprint density at radius 3 is 2.52 bits per heavy atom. The second-order valence-electron chi connectivity index (χ2n) is 7.14. The van der Waals surface area contributed by atoms with Crippen LogP contribution in [0.1, 0.15) is 28.1 Å². The van der Waals surface area contributed by atoms with Gasteiger partial charge >= 0.3 is 0 Å². The molecule has 3 heterocycles. The third-order valence-corrected chi connectivity index (χ3v) is 5.67. The van der Waals surface area contributed by atoms with E-state index in [-0.39, 0.29) is 5.56 Å². The highest BCUT2D eigenvalue weighted by molar-refractivity contribution is 7.98. The van der Waals surface area contributed by atoms with Crippen molar-refractivity contribution in [3.05, 3.63) is 93.2 Å². The lowest BCUT2D eigenvalue weighted by Crippen LogP contribution is -2.21. The van der Waals surface area contributed by atoms with E-state index in [2.05, 4.69) is 32.6 Å². The van der Waals surface area contributed by atoms with E-state index in [0.717, 1.165) is 22.5 Å². The van der Waals surface area contributed by atoms with Crippen LogP contribution in [0, 0.1) is 20.8 Å². The lowest BCUT2D eigenvalue weighted by Gasteiger charge is -2.09. The molecule has 8 heteroatoms. The van der Waals surface area contributed by atoms with E-state index >= 15 is 0 Å². The number of anilines is 1. The molecule has 0 atom stereocenters. The molecule has 0 saturated carbocycles. The molecule has 0 saturated heterocycles. The number of rotatable bonds is 6. The minimum atomic E-state index is -0.170. The Bertz CT molecular complexity index is 1300. The molecule has 156 valence electrons. The number of nitrogens with one attached hydrogen (secondary N) is 1. The zero-order valence-electron chi connectivity index (χ0n) is 17.5. The summed E-state index contributed by atoms with van der Waals surface area (Å²) in [5, 5.41) is 4.87. The minimum absolute atomic E-state index is 0.170. The fraction of sp³-hybridized carbons (Fsp3) is 0.174. The molecule has 0 bridgehead atoms. The van der Waals surface area contributed by atoms with Crippen LogP contribution in [0.3, 0.4) is 0 Å². The fourth-order valence-corrected chi connectivity index (χ4v) is 4.11. The van der Waals surface area contributed by atoms with Crippen molar-refractivity contribution in [1.29, 1.82) is 0 Å². The van der Waals surface area contributed by atoms with Crippen molar-refractivity contribution in [1.82, 2.24) is 19.4 Å². The van der Waals surface area contributed by atoms with Crippen LogP contribution in [0.4, 0.5) is 5.95 Å². The summed E-state index contributed by atoms with van der Waals surface area (Å²) in [4.78, 5) is 26.6. The summed E-state index contributed by atoms with van der Waals surface area (Å²) in [6.07, 6.45) is 3.22. The normalized spacial score (nSPS) is 11.3. The smallest absolute Gasteiger partial charge is 0.267 e. The van der Waals surface area contributed by atoms with Gasteiger partial charge in [-0.15, -0.1) is 11.8 Å². The summed E-state index contributed by atoms with van der Waals surface area (Å²) in [5.41, 5.74) is 7.49. The summed E-state index contributed by atoms with van der Waals surface area (Å²) in [6, 6.07) is 15.8. The summed E-state index contributed by atoms with van der Waals surface area (Å²) in [7, 11) is 0. The van der Waals surface area contributed by atoms with Crippen molar-refractivity contribution in [2.75, 3.05) is 5.43 Å². The van der Waals surface area contributed by atoms with Crippen LogP contribution in [0.15, 0.2) is 69.6 Å². The van der Waals surface area contributed by atoms with Gasteiger partial charge in [0.15, 0.2) is 0 Å². The van der Waals surface area contributed by atoms with E-state index in [0.29, 0.717) is 27.9 Å². The van der Waals surface area contributed by atoms with Crippen LogP contribution >= 0.6 is 11.8 Å². The van der Waals surface area contributed by atoms with Crippen molar-refractivity contribution < 1.29 is 0 Å². The van der Waals surface area contributed by atoms with Crippen molar-refractivity contribution in [3.8, 4) is 0 Å². The highest BCUT2D eigenvalue weighted by atomic mass is 32.2. The van der Waals surface area contributed by atoms with Crippen molar-refractivity contribution >= 4 is 29.6 Å². The summed E-state index contributed by atoms with van der Waals surface area (Å²) in [5.74, 6) is 1.08. The van der Waals surface area contributed by atoms with Crippen molar-refractivity contribution in [2.45, 2.75) is 31.6 Å². The number of nitrogens with zero attached hydrogens (tertiary/aromatic N) is 5. The van der Waals surface area contributed by atoms with Gasteiger partial charge in [-0.05, 0) is 44.0 Å². The van der Waals surface area contributed by atoms with Gasteiger partial charge in [-0.2, -0.15) is 5.10 Å². The zero-order valence-corrected chi connectivity index (χ0v) is 18.3. The largest absolute Gasteiger partial charge is 0.268 e. The van der Waals surface area contributed by atoms with Crippen LogP contribution in [-0.2, 0) is 5.75 Å². The Hall–Kier alpha value is -3.52. The summed E-state index contributed by atoms with van der Waals surface area (Å²) >= 11 is 1.51. The molecule has 0 aliphatic carbocycles. The van der Waals surface area contributed by atoms with E-state index < -0.39 is 0 Å². The lowest BCUT2D eigenvalue weighted by molar-refractivity contribution is 0.966. The molecule has 7 nitrogen and oxygen atoms in total. The number of thioether (sulfide) groups is 1. The van der Waals surface area contributed by atoms with E-state index in [4.69, 9.17) is 4.98 Å². The van der Waals surface area contributed by atoms with Gasteiger partial charge in [-0.1, -0.05) is 36.4 Å². The maximum Gasteiger partial charge on any atom is 0.267 e. The molecule has 0 amide bonds. The number of aromatic nitrogens is 4. The third kappa shape index (κ3) is 4.80. The Balaban J connectivity index is 1.70. The molecule has 0 fully saturated rings. The molecule has 0 aliphatic heterocycles. The van der Waals surface area contributed by atoms with Crippen molar-refractivity contribution in [3.63, 3.8) is 0 Å². The number of hydrazone groups is 1. The topological polar surface area (TPSA) is 84.5 Å². The fourth-order valence-electron chi connectivity index (χ4n) is 3.17. The SMILES string of the molecule is Cc1cc(C)nc(NN=Cc2c(SCc3ccccc3)nc3c(C)cccn3c2=O)n1. The lowest BCUT2D eigenvalue weighted by atomic mass is 10.2. The first-order chi connectivity index (χ1) is 15.0. The zero-order chi connectivity index (χ0) is 21.8. The van der Waals surface area contributed by atoms with E-state index in [1.807, 2.05) is 57.2 Å². The van der Waals surface area contributed by atoms with Crippen LogP contribution in [0.5, 0.6) is 0 Å². The Labute approximate surface area is 184 Å². The molecular formula is C23H22N6OS. The number of fused-ring (bicyclic) bond motifs is 1. The van der Waals surface area contributed by atoms with Crippen LogP contribution in [-0.4, -0.2) is 25.6 Å². The molecule has 1 N–H and O–H groups in total. The maximum atomic E-state index is 13.2. The number of aryl methyl sites for hydroxylation is 3. The molecular weight excluding hydrogens is 408 g/mol. The first-order valence-electron chi connectivity index (χ1n) is 9.81. The molecule has 0 unspecified atom stereocenters. The molecule has 1 aromatic carbocycles. The average molecular weight is 431 g/mol. The minimum Gasteiger partial charge on any atom is -0.268 e. The van der Waals surface area contributed by atoms with Crippen LogP contribution < -0.4 is 11.0 Å². The van der Waals surface area contributed by atoms with Gasteiger partial charge in [0, 0.05) is 23.3 Å². The quantitative estimate of drug-likeness (QED) is 0.214. The van der Waals surface area contributed by atoms with E-state index in [9.17, 15) is 4.79 Å². The second kappa shape index (κ2) is 9.09. The van der Waals surface area contributed by atoms with Gasteiger partial charge < -0.3 is 0 Å². The first kappa shape index (κ1) is 20.7. The number of hydrogen-bond donors (Lipinski definition) is 1. The van der Waals surface area contributed by atoms with Gasteiger partial charge in [-0.3, -0.25) is 9.20 Å². The van der Waals surface area contributed by atoms with Gasteiger partial charge in [-0.25, -0.2) is 20.4 Å². The molecule has 0 radical (unpaired) electrons. The molecule has 3 aromatic heterocycles. The van der Waals surface area contributed by atoms with E-state index in [1.54, 1.807) is 10.6 Å². The Kier molecular flexibility index (Phi) is 6.08. The predicted molar refractivity (Wildman–Crippen MR) is 125 cm³/mol. The van der Waals surface area contributed by atoms with Crippen molar-refractivity contribution in [2.24, 2.45) is 5.10 Å². The molecule has 0 spiro atoms. The van der Waals surface area contributed by atoms with Gasteiger partial charge in [0.2, 0.25) is 5.95 Å². The Morgan fingerprint density at radius 2 is 1.77 bits per heavy atom. The predicted octanol–water partition coefficient (Wildman–Crippen LogP) is 4.15. The number of benzene rings is 1. The maximum absolute atomic E-state index is 13.2. The van der Waals surface area contributed by atoms with Gasteiger partial charge in [0.1, 0.15) is 10.7 Å². The third-order valence-electron chi connectivity index (χ3n) is 4.61. The van der Waals surface area contributed by atoms with E-state index in [1.165, 1.54) is 18.0 Å². The second-order valence-corrected chi connectivity index (χ2v) is 8.10. The van der Waals surface area contributed by atoms with Crippen LogP contribution in [0.25, 0.3) is 5.65 Å². The Morgan fingerprint density at radius 1 is 1.03 bits per heavy atom. The molecule has 4 rings (SSSR count). The molecule has 31 heavy (non-hydrogen) atoms. The van der Waals surface area contributed by atoms with Gasteiger partial charge in [0.25, 0.3) is 5.56 Å².